The average Bonchev–Trinajstić information content (AvgIpc) is 3.17. The zero-order valence-electron chi connectivity index (χ0n) is 13.7. The highest BCUT2D eigenvalue weighted by molar-refractivity contribution is 5.47. The first-order valence-corrected chi connectivity index (χ1v) is 8.17. The van der Waals surface area contributed by atoms with Crippen molar-refractivity contribution in [2.24, 2.45) is 0 Å². The third kappa shape index (κ3) is 3.12. The molecule has 25 heavy (non-hydrogen) atoms. The largest absolute Gasteiger partial charge is 0.461 e. The molecule has 0 bridgehead atoms. The minimum absolute atomic E-state index is 0.0937. The summed E-state index contributed by atoms with van der Waals surface area (Å²) < 4.78 is 5.33. The molecule has 1 aliphatic heterocycles. The molecule has 0 atom stereocenters. The number of rotatable bonds is 3. The summed E-state index contributed by atoms with van der Waals surface area (Å²) in [5.74, 6) is 3.69. The molecule has 5 nitrogen and oxygen atoms in total. The van der Waals surface area contributed by atoms with Crippen LogP contribution in [0.1, 0.15) is 22.4 Å². The van der Waals surface area contributed by atoms with Crippen molar-refractivity contribution in [1.29, 1.82) is 0 Å². The Balaban J connectivity index is 1.55. The van der Waals surface area contributed by atoms with E-state index in [4.69, 9.17) is 10.8 Å². The van der Waals surface area contributed by atoms with E-state index in [-0.39, 0.29) is 5.56 Å². The molecule has 0 radical (unpaired) electrons. The van der Waals surface area contributed by atoms with E-state index in [1.165, 1.54) is 5.56 Å². The molecule has 1 N–H and O–H groups in total. The van der Waals surface area contributed by atoms with E-state index in [0.29, 0.717) is 18.1 Å². The van der Waals surface area contributed by atoms with Gasteiger partial charge in [-0.15, -0.1) is 6.42 Å². The van der Waals surface area contributed by atoms with E-state index in [0.717, 1.165) is 36.3 Å². The number of hydrogen-bond donors (Lipinski definition) is 1. The Kier molecular flexibility index (Phi) is 3.96. The SMILES string of the molecule is C#Cc1ccc(CN2CCc3nc(-c4ccco4)[nH]c(=O)c3C2)cc1. The van der Waals surface area contributed by atoms with Crippen molar-refractivity contribution >= 4 is 0 Å². The number of aromatic amines is 1. The predicted octanol–water partition coefficient (Wildman–Crippen LogP) is 2.57. The number of furan rings is 1. The number of hydrogen-bond acceptors (Lipinski definition) is 4. The van der Waals surface area contributed by atoms with E-state index in [9.17, 15) is 4.79 Å². The summed E-state index contributed by atoms with van der Waals surface area (Å²) in [5, 5.41) is 0. The van der Waals surface area contributed by atoms with Gasteiger partial charge in [0.25, 0.3) is 5.56 Å². The van der Waals surface area contributed by atoms with Crippen LogP contribution in [0.3, 0.4) is 0 Å². The molecule has 0 spiro atoms. The second-order valence-electron chi connectivity index (χ2n) is 6.12. The lowest BCUT2D eigenvalue weighted by Gasteiger charge is -2.27. The highest BCUT2D eigenvalue weighted by Gasteiger charge is 2.22. The lowest BCUT2D eigenvalue weighted by molar-refractivity contribution is 0.242. The predicted molar refractivity (Wildman–Crippen MR) is 94.8 cm³/mol. The fraction of sp³-hybridized carbons (Fsp3) is 0.200. The highest BCUT2D eigenvalue weighted by atomic mass is 16.3. The fourth-order valence-electron chi connectivity index (χ4n) is 3.11. The summed E-state index contributed by atoms with van der Waals surface area (Å²) in [5.41, 5.74) is 3.55. The Morgan fingerprint density at radius 2 is 2.12 bits per heavy atom. The van der Waals surface area contributed by atoms with E-state index in [1.807, 2.05) is 24.3 Å². The van der Waals surface area contributed by atoms with Crippen molar-refractivity contribution in [3.63, 3.8) is 0 Å². The van der Waals surface area contributed by atoms with Gasteiger partial charge in [-0.3, -0.25) is 9.69 Å². The van der Waals surface area contributed by atoms with Gasteiger partial charge in [0, 0.05) is 31.6 Å². The maximum absolute atomic E-state index is 12.5. The van der Waals surface area contributed by atoms with Crippen molar-refractivity contribution in [2.75, 3.05) is 6.54 Å². The maximum Gasteiger partial charge on any atom is 0.256 e. The van der Waals surface area contributed by atoms with Gasteiger partial charge in [0.2, 0.25) is 0 Å². The molecule has 0 saturated heterocycles. The van der Waals surface area contributed by atoms with Crippen LogP contribution in [-0.2, 0) is 19.5 Å². The van der Waals surface area contributed by atoms with Crippen molar-refractivity contribution in [1.82, 2.24) is 14.9 Å². The molecular formula is C20H17N3O2. The van der Waals surface area contributed by atoms with E-state index in [1.54, 1.807) is 18.4 Å². The van der Waals surface area contributed by atoms with Crippen LogP contribution in [0.25, 0.3) is 11.6 Å². The van der Waals surface area contributed by atoms with Gasteiger partial charge in [-0.25, -0.2) is 4.98 Å². The number of nitrogens with one attached hydrogen (secondary N) is 1. The second-order valence-corrected chi connectivity index (χ2v) is 6.12. The molecule has 3 heterocycles. The first-order valence-electron chi connectivity index (χ1n) is 8.17. The summed E-state index contributed by atoms with van der Waals surface area (Å²) in [7, 11) is 0. The lowest BCUT2D eigenvalue weighted by atomic mass is 10.1. The smallest absolute Gasteiger partial charge is 0.256 e. The number of nitrogens with zero attached hydrogens (tertiary/aromatic N) is 2. The molecule has 0 unspecified atom stereocenters. The van der Waals surface area contributed by atoms with Gasteiger partial charge in [0.1, 0.15) is 0 Å². The highest BCUT2D eigenvalue weighted by Crippen LogP contribution is 2.20. The number of benzene rings is 1. The molecular weight excluding hydrogens is 314 g/mol. The van der Waals surface area contributed by atoms with Crippen LogP contribution in [0.5, 0.6) is 0 Å². The topological polar surface area (TPSA) is 62.1 Å². The van der Waals surface area contributed by atoms with Crippen LogP contribution in [0, 0.1) is 12.3 Å². The van der Waals surface area contributed by atoms with Gasteiger partial charge in [-0.1, -0.05) is 18.1 Å². The Hall–Kier alpha value is -3.10. The molecule has 2 aromatic heterocycles. The Labute approximate surface area is 145 Å². The van der Waals surface area contributed by atoms with Crippen molar-refractivity contribution in [2.45, 2.75) is 19.5 Å². The van der Waals surface area contributed by atoms with Crippen LogP contribution in [0.4, 0.5) is 0 Å². The third-order valence-electron chi connectivity index (χ3n) is 4.43. The average molecular weight is 331 g/mol. The number of H-pyrrole nitrogens is 1. The maximum atomic E-state index is 12.5. The standard InChI is InChI=1S/C20H17N3O2/c1-2-14-5-7-15(8-6-14)12-23-10-9-17-16(13-23)20(24)22-19(21-17)18-4-3-11-25-18/h1,3-8,11H,9-10,12-13H2,(H,21,22,24). The van der Waals surface area contributed by atoms with Crippen LogP contribution in [0.2, 0.25) is 0 Å². The number of terminal acetylenes is 1. The molecule has 0 fully saturated rings. The van der Waals surface area contributed by atoms with Gasteiger partial charge in [-0.05, 0) is 29.8 Å². The van der Waals surface area contributed by atoms with Crippen LogP contribution >= 0.6 is 0 Å². The minimum atomic E-state index is -0.0937. The van der Waals surface area contributed by atoms with Crippen molar-refractivity contribution in [3.8, 4) is 23.9 Å². The molecule has 0 amide bonds. The molecule has 3 aromatic rings. The Morgan fingerprint density at radius 3 is 2.84 bits per heavy atom. The zero-order chi connectivity index (χ0) is 17.2. The normalized spacial score (nSPS) is 14.0. The molecule has 0 aliphatic carbocycles. The summed E-state index contributed by atoms with van der Waals surface area (Å²) in [6.45, 7) is 2.23. The van der Waals surface area contributed by atoms with Gasteiger partial charge in [0.15, 0.2) is 11.6 Å². The minimum Gasteiger partial charge on any atom is -0.461 e. The summed E-state index contributed by atoms with van der Waals surface area (Å²) in [6.07, 6.45) is 7.71. The molecule has 4 rings (SSSR count). The first-order chi connectivity index (χ1) is 12.2. The summed E-state index contributed by atoms with van der Waals surface area (Å²) >= 11 is 0. The zero-order valence-corrected chi connectivity index (χ0v) is 13.7. The van der Waals surface area contributed by atoms with Crippen LogP contribution in [0.15, 0.2) is 51.9 Å². The van der Waals surface area contributed by atoms with Crippen molar-refractivity contribution in [3.05, 3.63) is 75.4 Å². The van der Waals surface area contributed by atoms with Gasteiger partial charge in [0.05, 0.1) is 17.5 Å². The molecule has 1 aromatic carbocycles. The first kappa shape index (κ1) is 15.4. The monoisotopic (exact) mass is 331 g/mol. The molecule has 0 saturated carbocycles. The second kappa shape index (κ2) is 6.42. The lowest BCUT2D eigenvalue weighted by Crippen LogP contribution is -2.35. The number of fused-ring (bicyclic) bond motifs is 1. The molecule has 1 aliphatic rings. The third-order valence-corrected chi connectivity index (χ3v) is 4.43. The Bertz CT molecular complexity index is 979. The van der Waals surface area contributed by atoms with E-state index < -0.39 is 0 Å². The molecule has 124 valence electrons. The van der Waals surface area contributed by atoms with Gasteiger partial charge >= 0.3 is 0 Å². The van der Waals surface area contributed by atoms with E-state index in [2.05, 4.69) is 20.8 Å². The van der Waals surface area contributed by atoms with Crippen LogP contribution < -0.4 is 5.56 Å². The van der Waals surface area contributed by atoms with Crippen LogP contribution in [-0.4, -0.2) is 21.4 Å². The van der Waals surface area contributed by atoms with Crippen molar-refractivity contribution < 1.29 is 4.42 Å². The van der Waals surface area contributed by atoms with Gasteiger partial charge < -0.3 is 9.40 Å². The molecule has 5 heteroatoms. The summed E-state index contributed by atoms with van der Waals surface area (Å²) in [6, 6.07) is 11.5. The van der Waals surface area contributed by atoms with Gasteiger partial charge in [-0.2, -0.15) is 0 Å². The quantitative estimate of drug-likeness (QED) is 0.749. The Morgan fingerprint density at radius 1 is 1.28 bits per heavy atom. The fourth-order valence-corrected chi connectivity index (χ4v) is 3.11. The summed E-state index contributed by atoms with van der Waals surface area (Å²) in [4.78, 5) is 22.1. The van der Waals surface area contributed by atoms with E-state index >= 15 is 0 Å². The number of aromatic nitrogens is 2.